The van der Waals surface area contributed by atoms with Crippen molar-refractivity contribution in [3.63, 3.8) is 0 Å². The van der Waals surface area contributed by atoms with Gasteiger partial charge < -0.3 is 5.11 Å². The molecule has 1 N–H and O–H groups in total. The van der Waals surface area contributed by atoms with Gasteiger partial charge in [-0.05, 0) is 73.1 Å². The third-order valence-electron chi connectivity index (χ3n) is 9.24. The van der Waals surface area contributed by atoms with Crippen molar-refractivity contribution in [2.75, 3.05) is 0 Å². The second-order valence-corrected chi connectivity index (χ2v) is 10.8. The van der Waals surface area contributed by atoms with Gasteiger partial charge in [0, 0.05) is 23.3 Å². The molecule has 1 aromatic rings. The summed E-state index contributed by atoms with van der Waals surface area (Å²) in [6, 6.07) is 6.63. The van der Waals surface area contributed by atoms with E-state index in [-0.39, 0.29) is 24.5 Å². The standard InChI is InChI=1S/C27H27F5O3/c1-24-13-21(16-4-2-15(14-33)3-5-16)23-19-9-7-18(34)12-17(19)6-8-20(23)22(24)10-11-25(24,35)26(28,29)27(30,31)32/h2-5,12,14,20-22,35H,6-11,13H2,1H3/t20?,21-,22?,24+,25-/m1/s1. The number of ketones is 1. The topological polar surface area (TPSA) is 54.4 Å². The first-order valence-corrected chi connectivity index (χ1v) is 12.0. The maximum Gasteiger partial charge on any atom is 0.456 e. The van der Waals surface area contributed by atoms with Gasteiger partial charge in [-0.25, -0.2) is 0 Å². The molecular formula is C27H27F5O3. The molecule has 8 heteroatoms. The highest BCUT2D eigenvalue weighted by atomic mass is 19.4. The second kappa shape index (κ2) is 7.82. The second-order valence-electron chi connectivity index (χ2n) is 10.8. The van der Waals surface area contributed by atoms with Crippen molar-refractivity contribution in [2.45, 2.75) is 75.5 Å². The molecular weight excluding hydrogens is 467 g/mol. The Kier molecular flexibility index (Phi) is 5.44. The fourth-order valence-corrected chi connectivity index (χ4v) is 7.52. The number of alkyl halides is 5. The van der Waals surface area contributed by atoms with Crippen LogP contribution in [0.15, 0.2) is 47.1 Å². The van der Waals surface area contributed by atoms with Crippen LogP contribution in [0.25, 0.3) is 0 Å². The summed E-state index contributed by atoms with van der Waals surface area (Å²) in [6.07, 6.45) is -2.21. The van der Waals surface area contributed by atoms with Crippen molar-refractivity contribution in [3.05, 3.63) is 58.2 Å². The molecule has 0 spiro atoms. The van der Waals surface area contributed by atoms with E-state index < -0.39 is 41.4 Å². The first-order chi connectivity index (χ1) is 16.3. The lowest BCUT2D eigenvalue weighted by Gasteiger charge is -2.56. The molecule has 1 aromatic carbocycles. The Bertz CT molecular complexity index is 1130. The largest absolute Gasteiger partial charge is 0.456 e. The van der Waals surface area contributed by atoms with E-state index in [1.54, 1.807) is 30.3 Å². The van der Waals surface area contributed by atoms with Crippen LogP contribution in [0.1, 0.15) is 73.7 Å². The van der Waals surface area contributed by atoms with Gasteiger partial charge in [0.2, 0.25) is 0 Å². The lowest BCUT2D eigenvalue weighted by Crippen LogP contribution is -2.65. The van der Waals surface area contributed by atoms with Gasteiger partial charge in [0.25, 0.3) is 0 Å². The van der Waals surface area contributed by atoms with Crippen molar-refractivity contribution in [2.24, 2.45) is 17.3 Å². The maximum atomic E-state index is 14.9. The molecule has 3 nitrogen and oxygen atoms in total. The van der Waals surface area contributed by atoms with Gasteiger partial charge in [0.1, 0.15) is 11.9 Å². The molecule has 4 aliphatic carbocycles. The van der Waals surface area contributed by atoms with Gasteiger partial charge in [-0.3, -0.25) is 9.59 Å². The smallest absolute Gasteiger partial charge is 0.383 e. The van der Waals surface area contributed by atoms with Crippen LogP contribution in [0.4, 0.5) is 22.0 Å². The third-order valence-corrected chi connectivity index (χ3v) is 9.24. The summed E-state index contributed by atoms with van der Waals surface area (Å²) in [5.41, 5.74) is -0.804. The van der Waals surface area contributed by atoms with Gasteiger partial charge in [-0.15, -0.1) is 0 Å². The number of hydrogen-bond acceptors (Lipinski definition) is 3. The number of carbonyl (C=O) groups excluding carboxylic acids is 2. The summed E-state index contributed by atoms with van der Waals surface area (Å²) in [5.74, 6) is -6.51. The number of rotatable bonds is 3. The Hall–Kier alpha value is -2.35. The maximum absolute atomic E-state index is 14.9. The van der Waals surface area contributed by atoms with E-state index in [1.807, 2.05) is 0 Å². The van der Waals surface area contributed by atoms with E-state index in [0.717, 1.165) is 16.7 Å². The molecule has 2 fully saturated rings. The van der Waals surface area contributed by atoms with Crippen LogP contribution < -0.4 is 0 Å². The van der Waals surface area contributed by atoms with Crippen LogP contribution in [0.2, 0.25) is 0 Å². The minimum Gasteiger partial charge on any atom is -0.383 e. The molecule has 188 valence electrons. The highest BCUT2D eigenvalue weighted by Gasteiger charge is 2.79. The van der Waals surface area contributed by atoms with Crippen molar-refractivity contribution in [1.82, 2.24) is 0 Å². The van der Waals surface area contributed by atoms with Gasteiger partial charge in [0.05, 0.1) is 0 Å². The average Bonchev–Trinajstić information content (AvgIpc) is 3.09. The van der Waals surface area contributed by atoms with Crippen LogP contribution in [0, 0.1) is 17.3 Å². The van der Waals surface area contributed by atoms with Crippen LogP contribution >= 0.6 is 0 Å². The first kappa shape index (κ1) is 24.3. The Morgan fingerprint density at radius 2 is 1.71 bits per heavy atom. The Morgan fingerprint density at radius 3 is 2.34 bits per heavy atom. The zero-order valence-corrected chi connectivity index (χ0v) is 19.3. The van der Waals surface area contributed by atoms with E-state index in [2.05, 4.69) is 0 Å². The van der Waals surface area contributed by atoms with Crippen LogP contribution in [0.3, 0.4) is 0 Å². The van der Waals surface area contributed by atoms with Gasteiger partial charge in [0.15, 0.2) is 5.78 Å². The Morgan fingerprint density at radius 1 is 1.03 bits per heavy atom. The van der Waals surface area contributed by atoms with Crippen molar-refractivity contribution in [1.29, 1.82) is 0 Å². The average molecular weight is 495 g/mol. The highest BCUT2D eigenvalue weighted by Crippen LogP contribution is 2.70. The summed E-state index contributed by atoms with van der Waals surface area (Å²) in [7, 11) is 0. The quantitative estimate of drug-likeness (QED) is 0.395. The van der Waals surface area contributed by atoms with Gasteiger partial charge in [-0.2, -0.15) is 22.0 Å². The van der Waals surface area contributed by atoms with Crippen molar-refractivity contribution in [3.8, 4) is 0 Å². The highest BCUT2D eigenvalue weighted by molar-refractivity contribution is 5.93. The minimum atomic E-state index is -5.87. The van der Waals surface area contributed by atoms with Gasteiger partial charge >= 0.3 is 12.1 Å². The number of aldehydes is 1. The molecule has 5 atom stereocenters. The predicted octanol–water partition coefficient (Wildman–Crippen LogP) is 6.33. The Labute approximate surface area is 200 Å². The molecule has 0 radical (unpaired) electrons. The molecule has 0 heterocycles. The molecule has 0 aliphatic heterocycles. The predicted molar refractivity (Wildman–Crippen MR) is 118 cm³/mol. The number of carbonyl (C=O) groups is 2. The number of halogens is 5. The monoisotopic (exact) mass is 494 g/mol. The zero-order valence-electron chi connectivity index (χ0n) is 19.3. The lowest BCUT2D eigenvalue weighted by atomic mass is 9.50. The molecule has 2 saturated carbocycles. The molecule has 5 rings (SSSR count). The van der Waals surface area contributed by atoms with Crippen LogP contribution in [0.5, 0.6) is 0 Å². The van der Waals surface area contributed by atoms with Crippen LogP contribution in [-0.4, -0.2) is 34.9 Å². The Balaban J connectivity index is 1.69. The summed E-state index contributed by atoms with van der Waals surface area (Å²) in [4.78, 5) is 23.2. The normalized spacial score (nSPS) is 35.2. The summed E-state index contributed by atoms with van der Waals surface area (Å²) < 4.78 is 70.5. The van der Waals surface area contributed by atoms with Crippen LogP contribution in [-0.2, 0) is 4.79 Å². The van der Waals surface area contributed by atoms with E-state index >= 15 is 0 Å². The number of allylic oxidation sites excluding steroid dienone is 4. The number of benzene rings is 1. The minimum absolute atomic E-state index is 0.0374. The van der Waals surface area contributed by atoms with E-state index in [4.69, 9.17) is 0 Å². The first-order valence-electron chi connectivity index (χ1n) is 12.0. The number of aliphatic hydroxyl groups is 1. The fourth-order valence-electron chi connectivity index (χ4n) is 7.52. The SMILES string of the molecule is C[C@]12C[C@H](c3ccc(C=O)cc3)C3=C4CCC(=O)C=C4CCC3C1CC[C@]2(O)C(F)(F)C(F)(F)F. The molecule has 0 amide bonds. The fraction of sp³-hybridized carbons (Fsp3) is 0.556. The molecule has 2 unspecified atom stereocenters. The molecule has 4 aliphatic rings. The molecule has 35 heavy (non-hydrogen) atoms. The van der Waals surface area contributed by atoms with E-state index in [9.17, 15) is 36.6 Å². The third kappa shape index (κ3) is 3.31. The molecule has 0 bridgehead atoms. The van der Waals surface area contributed by atoms with E-state index in [0.29, 0.717) is 43.1 Å². The van der Waals surface area contributed by atoms with Gasteiger partial charge in [-0.1, -0.05) is 36.8 Å². The molecule has 0 saturated heterocycles. The number of fused-ring (bicyclic) bond motifs is 4. The van der Waals surface area contributed by atoms with Crippen molar-refractivity contribution >= 4 is 12.1 Å². The van der Waals surface area contributed by atoms with E-state index in [1.165, 1.54) is 6.92 Å². The summed E-state index contributed by atoms with van der Waals surface area (Å²) in [5, 5.41) is 11.2. The van der Waals surface area contributed by atoms with Crippen molar-refractivity contribution < 1.29 is 36.6 Å². The lowest BCUT2D eigenvalue weighted by molar-refractivity contribution is -0.362. The summed E-state index contributed by atoms with van der Waals surface area (Å²) in [6.45, 7) is 1.40. The molecule has 0 aromatic heterocycles. The zero-order chi connectivity index (χ0) is 25.4. The number of hydrogen-bond donors (Lipinski definition) is 1. The summed E-state index contributed by atoms with van der Waals surface area (Å²) >= 11 is 0.